The van der Waals surface area contributed by atoms with E-state index < -0.39 is 11.7 Å². The predicted octanol–water partition coefficient (Wildman–Crippen LogP) is 3.95. The molecule has 7 heteroatoms. The van der Waals surface area contributed by atoms with E-state index in [4.69, 9.17) is 0 Å². The van der Waals surface area contributed by atoms with Gasteiger partial charge in [0.2, 0.25) is 5.91 Å². The maximum absolute atomic E-state index is 12.5. The number of carbonyl (C=O) groups excluding carboxylic acids is 1. The molecule has 0 aliphatic rings. The van der Waals surface area contributed by atoms with Crippen LogP contribution < -0.4 is 5.32 Å². The fourth-order valence-electron chi connectivity index (χ4n) is 2.44. The molecule has 0 radical (unpaired) electrons. The molecule has 3 rings (SSSR count). The highest BCUT2D eigenvalue weighted by Gasteiger charge is 2.29. The molecule has 26 heavy (non-hydrogen) atoms. The smallest absolute Gasteiger partial charge is 0.352 e. The van der Waals surface area contributed by atoms with Crippen molar-refractivity contribution in [3.63, 3.8) is 0 Å². The fourth-order valence-corrected chi connectivity index (χ4v) is 2.44. The molecule has 0 saturated carbocycles. The number of rotatable bonds is 5. The number of imidazole rings is 1. The molecule has 0 unspecified atom stereocenters. The summed E-state index contributed by atoms with van der Waals surface area (Å²) < 4.78 is 37.5. The second kappa shape index (κ2) is 7.43. The van der Waals surface area contributed by atoms with Crippen molar-refractivity contribution in [2.24, 2.45) is 0 Å². The van der Waals surface area contributed by atoms with Gasteiger partial charge in [0.25, 0.3) is 0 Å². The van der Waals surface area contributed by atoms with Gasteiger partial charge in [-0.2, -0.15) is 13.2 Å². The lowest BCUT2D eigenvalue weighted by Crippen LogP contribution is -2.23. The summed E-state index contributed by atoms with van der Waals surface area (Å²) in [5, 5.41) is 2.72. The molecule has 0 aliphatic heterocycles. The quantitative estimate of drug-likeness (QED) is 0.678. The monoisotopic (exact) mass is 359 g/mol. The number of hydrogen-bond donors (Lipinski definition) is 2. The van der Waals surface area contributed by atoms with E-state index in [0.29, 0.717) is 18.5 Å². The van der Waals surface area contributed by atoms with Crippen molar-refractivity contribution in [1.82, 2.24) is 15.3 Å². The summed E-state index contributed by atoms with van der Waals surface area (Å²) in [7, 11) is 0. The Hall–Kier alpha value is -3.09. The van der Waals surface area contributed by atoms with Crippen LogP contribution in [0, 0.1) is 0 Å². The first kappa shape index (κ1) is 17.7. The number of alkyl halides is 3. The molecule has 0 fully saturated rings. The number of fused-ring (bicyclic) bond motifs is 1. The van der Waals surface area contributed by atoms with Crippen molar-refractivity contribution in [2.45, 2.75) is 12.6 Å². The molecule has 2 aromatic carbocycles. The molecule has 0 atom stereocenters. The van der Waals surface area contributed by atoms with Gasteiger partial charge in [0.05, 0.1) is 16.6 Å². The first-order chi connectivity index (χ1) is 12.4. The summed E-state index contributed by atoms with van der Waals surface area (Å²) in [4.78, 5) is 19.4. The van der Waals surface area contributed by atoms with Crippen LogP contribution in [0.2, 0.25) is 0 Å². The van der Waals surface area contributed by atoms with E-state index in [1.807, 2.05) is 24.3 Å². The third kappa shape index (κ3) is 4.50. The van der Waals surface area contributed by atoms with Gasteiger partial charge in [0.1, 0.15) is 5.82 Å². The van der Waals surface area contributed by atoms with E-state index in [2.05, 4.69) is 15.3 Å². The Labute approximate surface area is 147 Å². The zero-order valence-electron chi connectivity index (χ0n) is 13.7. The zero-order chi connectivity index (χ0) is 18.6. The highest BCUT2D eigenvalue weighted by molar-refractivity contribution is 5.91. The Kier molecular flexibility index (Phi) is 5.06. The number of para-hydroxylation sites is 2. The van der Waals surface area contributed by atoms with Crippen molar-refractivity contribution in [3.05, 3.63) is 71.6 Å². The molecule has 3 aromatic rings. The van der Waals surface area contributed by atoms with Crippen LogP contribution in [0.5, 0.6) is 0 Å². The minimum Gasteiger partial charge on any atom is -0.352 e. The predicted molar refractivity (Wildman–Crippen MR) is 93.3 cm³/mol. The molecular weight excluding hydrogens is 343 g/mol. The topological polar surface area (TPSA) is 57.8 Å². The number of nitrogens with zero attached hydrogens (tertiary/aromatic N) is 1. The Morgan fingerprint density at radius 2 is 1.85 bits per heavy atom. The van der Waals surface area contributed by atoms with Crippen LogP contribution in [0.1, 0.15) is 17.0 Å². The number of benzene rings is 2. The zero-order valence-corrected chi connectivity index (χ0v) is 13.7. The number of aromatic amines is 1. The van der Waals surface area contributed by atoms with Crippen molar-refractivity contribution in [2.75, 3.05) is 6.54 Å². The third-order valence-electron chi connectivity index (χ3n) is 3.76. The van der Waals surface area contributed by atoms with Gasteiger partial charge in [0, 0.05) is 19.0 Å². The van der Waals surface area contributed by atoms with Gasteiger partial charge in [-0.05, 0) is 35.9 Å². The number of hydrogen-bond acceptors (Lipinski definition) is 2. The average molecular weight is 359 g/mol. The summed E-state index contributed by atoms with van der Waals surface area (Å²) in [5.41, 5.74) is 1.61. The van der Waals surface area contributed by atoms with E-state index in [-0.39, 0.29) is 5.91 Å². The first-order valence-electron chi connectivity index (χ1n) is 7.98. The minimum absolute atomic E-state index is 0.319. The highest BCUT2D eigenvalue weighted by atomic mass is 19.4. The number of amides is 1. The molecular formula is C19H16F3N3O. The summed E-state index contributed by atoms with van der Waals surface area (Å²) in [6, 6.07) is 12.3. The van der Waals surface area contributed by atoms with Crippen LogP contribution in [0.4, 0.5) is 13.2 Å². The third-order valence-corrected chi connectivity index (χ3v) is 3.76. The van der Waals surface area contributed by atoms with Gasteiger partial charge in [-0.3, -0.25) is 4.79 Å². The van der Waals surface area contributed by atoms with Crippen LogP contribution in [-0.2, 0) is 17.4 Å². The molecule has 1 aromatic heterocycles. The second-order valence-electron chi connectivity index (χ2n) is 5.69. The van der Waals surface area contributed by atoms with Crippen LogP contribution in [-0.4, -0.2) is 22.4 Å². The fraction of sp³-hybridized carbons (Fsp3) is 0.158. The molecule has 134 valence electrons. The molecule has 1 amide bonds. The maximum atomic E-state index is 12.5. The Morgan fingerprint density at radius 3 is 2.54 bits per heavy atom. The highest BCUT2D eigenvalue weighted by Crippen LogP contribution is 2.29. The van der Waals surface area contributed by atoms with Gasteiger partial charge in [-0.1, -0.05) is 24.3 Å². The van der Waals surface area contributed by atoms with Gasteiger partial charge < -0.3 is 10.3 Å². The molecule has 1 heterocycles. The van der Waals surface area contributed by atoms with E-state index in [9.17, 15) is 18.0 Å². The lowest BCUT2D eigenvalue weighted by atomic mass is 10.1. The van der Waals surface area contributed by atoms with Crippen LogP contribution in [0.25, 0.3) is 17.1 Å². The lowest BCUT2D eigenvalue weighted by Gasteiger charge is -2.05. The van der Waals surface area contributed by atoms with Gasteiger partial charge in [-0.25, -0.2) is 4.98 Å². The summed E-state index contributed by atoms with van der Waals surface area (Å²) in [5.74, 6) is 0.458. The normalized spacial score (nSPS) is 12.0. The standard InChI is InChI=1S/C19H16F3N3O/c20-19(21,22)14-8-5-13(6-9-14)7-10-18(26)23-12-11-17-24-15-3-1-2-4-16(15)25-17/h1-10H,11-12H2,(H,23,26)(H,24,25)/b10-7+. The minimum atomic E-state index is -4.36. The van der Waals surface area contributed by atoms with Crippen LogP contribution >= 0.6 is 0 Å². The van der Waals surface area contributed by atoms with E-state index in [1.165, 1.54) is 24.3 Å². The van der Waals surface area contributed by atoms with Crippen LogP contribution in [0.15, 0.2) is 54.6 Å². The molecule has 0 bridgehead atoms. The van der Waals surface area contributed by atoms with E-state index >= 15 is 0 Å². The molecule has 2 N–H and O–H groups in total. The number of halogens is 3. The SMILES string of the molecule is O=C(/C=C/c1ccc(C(F)(F)F)cc1)NCCc1nc2ccccc2[nH]1. The van der Waals surface area contributed by atoms with E-state index in [1.54, 1.807) is 0 Å². The molecule has 4 nitrogen and oxygen atoms in total. The second-order valence-corrected chi connectivity index (χ2v) is 5.69. The van der Waals surface area contributed by atoms with Crippen molar-refractivity contribution >= 4 is 23.0 Å². The maximum Gasteiger partial charge on any atom is 0.416 e. The van der Waals surface area contributed by atoms with Crippen molar-refractivity contribution in [3.8, 4) is 0 Å². The molecule has 0 saturated heterocycles. The van der Waals surface area contributed by atoms with E-state index in [0.717, 1.165) is 29.0 Å². The molecule has 0 aliphatic carbocycles. The van der Waals surface area contributed by atoms with Gasteiger partial charge in [-0.15, -0.1) is 0 Å². The summed E-state index contributed by atoms with van der Waals surface area (Å²) >= 11 is 0. The first-order valence-corrected chi connectivity index (χ1v) is 7.98. The summed E-state index contributed by atoms with van der Waals surface area (Å²) in [6.45, 7) is 0.399. The van der Waals surface area contributed by atoms with Crippen molar-refractivity contribution < 1.29 is 18.0 Å². The Morgan fingerprint density at radius 1 is 1.12 bits per heavy atom. The summed E-state index contributed by atoms with van der Waals surface area (Å²) in [6.07, 6.45) is -1.05. The average Bonchev–Trinajstić information content (AvgIpc) is 3.02. The van der Waals surface area contributed by atoms with Gasteiger partial charge >= 0.3 is 6.18 Å². The Balaban J connectivity index is 1.49. The lowest BCUT2D eigenvalue weighted by molar-refractivity contribution is -0.137. The van der Waals surface area contributed by atoms with Crippen LogP contribution in [0.3, 0.4) is 0 Å². The Bertz CT molecular complexity index is 894. The number of aromatic nitrogens is 2. The number of H-pyrrole nitrogens is 1. The van der Waals surface area contributed by atoms with Gasteiger partial charge in [0.15, 0.2) is 0 Å². The number of carbonyl (C=O) groups is 1. The molecule has 0 spiro atoms. The number of nitrogens with one attached hydrogen (secondary N) is 2. The van der Waals surface area contributed by atoms with Crippen molar-refractivity contribution in [1.29, 1.82) is 0 Å². The largest absolute Gasteiger partial charge is 0.416 e.